The van der Waals surface area contributed by atoms with E-state index in [-0.39, 0.29) is 13.1 Å². The number of halogens is 3. The van der Waals surface area contributed by atoms with Crippen LogP contribution in [0, 0.1) is 0 Å². The number of aryl methyl sites for hydroxylation is 1. The molecule has 31 heavy (non-hydrogen) atoms. The number of ether oxygens (including phenoxy) is 2. The molecule has 0 spiro atoms. The number of hydrogen-bond acceptors (Lipinski definition) is 5. The molecular formula is C20H28F3N5O3. The van der Waals surface area contributed by atoms with E-state index in [9.17, 15) is 18.3 Å². The minimum absolute atomic E-state index is 0.186. The SMILES string of the molecule is CCNC(=NCc1ccc(OC)cc1OC)NCCC(O)(c1nccn1C)C(F)(F)F. The van der Waals surface area contributed by atoms with Gasteiger partial charge in [0.25, 0.3) is 0 Å². The number of aliphatic hydroxyl groups is 1. The van der Waals surface area contributed by atoms with Crippen LogP contribution in [0.4, 0.5) is 13.2 Å². The van der Waals surface area contributed by atoms with Gasteiger partial charge in [-0.2, -0.15) is 13.2 Å². The van der Waals surface area contributed by atoms with Crippen LogP contribution in [-0.2, 0) is 19.2 Å². The maximum absolute atomic E-state index is 13.6. The molecule has 0 saturated carbocycles. The van der Waals surface area contributed by atoms with Gasteiger partial charge >= 0.3 is 6.18 Å². The predicted molar refractivity (Wildman–Crippen MR) is 110 cm³/mol. The third-order valence-corrected chi connectivity index (χ3v) is 4.69. The van der Waals surface area contributed by atoms with E-state index in [4.69, 9.17) is 9.47 Å². The predicted octanol–water partition coefficient (Wildman–Crippen LogP) is 2.33. The molecule has 1 heterocycles. The Morgan fingerprint density at radius 2 is 1.97 bits per heavy atom. The first-order chi connectivity index (χ1) is 14.7. The molecule has 1 aromatic carbocycles. The largest absolute Gasteiger partial charge is 0.497 e. The number of benzene rings is 1. The lowest BCUT2D eigenvalue weighted by molar-refractivity contribution is -0.272. The highest BCUT2D eigenvalue weighted by molar-refractivity contribution is 5.79. The Hall–Kier alpha value is -2.95. The van der Waals surface area contributed by atoms with Crippen LogP contribution in [0.1, 0.15) is 24.7 Å². The molecule has 0 radical (unpaired) electrons. The van der Waals surface area contributed by atoms with Crippen LogP contribution in [0.5, 0.6) is 11.5 Å². The standard InChI is InChI=1S/C20H28F3N5O3/c1-5-24-18(27-13-14-6-7-15(30-3)12-16(14)31-4)26-9-8-19(29,20(21,22)23)17-25-10-11-28(17)2/h6-7,10-12,29H,5,8-9,13H2,1-4H3,(H2,24,26,27). The zero-order valence-corrected chi connectivity index (χ0v) is 18.0. The van der Waals surface area contributed by atoms with E-state index >= 15 is 0 Å². The minimum atomic E-state index is -4.89. The summed E-state index contributed by atoms with van der Waals surface area (Å²) in [5, 5.41) is 16.2. The van der Waals surface area contributed by atoms with Crippen molar-refractivity contribution in [1.29, 1.82) is 0 Å². The average Bonchev–Trinajstić information content (AvgIpc) is 3.17. The molecule has 0 bridgehead atoms. The molecule has 1 atom stereocenters. The second-order valence-corrected chi connectivity index (χ2v) is 6.77. The first kappa shape index (κ1) is 24.3. The molecule has 172 valence electrons. The Bertz CT molecular complexity index is 885. The van der Waals surface area contributed by atoms with Crippen LogP contribution in [0.15, 0.2) is 35.6 Å². The third-order valence-electron chi connectivity index (χ3n) is 4.69. The zero-order chi connectivity index (χ0) is 23.1. The van der Waals surface area contributed by atoms with Gasteiger partial charge in [-0.05, 0) is 19.1 Å². The zero-order valence-electron chi connectivity index (χ0n) is 18.0. The highest BCUT2D eigenvalue weighted by Gasteiger charge is 2.57. The summed E-state index contributed by atoms with van der Waals surface area (Å²) >= 11 is 0. The first-order valence-corrected chi connectivity index (χ1v) is 9.66. The van der Waals surface area contributed by atoms with Crippen molar-refractivity contribution >= 4 is 5.96 Å². The Labute approximate surface area is 179 Å². The van der Waals surface area contributed by atoms with Gasteiger partial charge in [0.2, 0.25) is 5.60 Å². The lowest BCUT2D eigenvalue weighted by Crippen LogP contribution is -2.47. The Morgan fingerprint density at radius 1 is 1.23 bits per heavy atom. The van der Waals surface area contributed by atoms with Gasteiger partial charge in [-0.15, -0.1) is 0 Å². The number of methoxy groups -OCH3 is 2. The summed E-state index contributed by atoms with van der Waals surface area (Å²) in [6.07, 6.45) is -2.96. The number of nitrogens with zero attached hydrogens (tertiary/aromatic N) is 3. The van der Waals surface area contributed by atoms with Crippen molar-refractivity contribution in [3.63, 3.8) is 0 Å². The van der Waals surface area contributed by atoms with Gasteiger partial charge in [0.05, 0.1) is 20.8 Å². The molecular weight excluding hydrogens is 415 g/mol. The molecule has 0 amide bonds. The van der Waals surface area contributed by atoms with Crippen LogP contribution in [-0.4, -0.2) is 54.1 Å². The molecule has 11 heteroatoms. The summed E-state index contributed by atoms with van der Waals surface area (Å²) in [6.45, 7) is 2.39. The number of aliphatic imine (C=N–C) groups is 1. The van der Waals surface area contributed by atoms with Crippen LogP contribution in [0.2, 0.25) is 0 Å². The molecule has 3 N–H and O–H groups in total. The van der Waals surface area contributed by atoms with E-state index in [1.54, 1.807) is 25.3 Å². The number of aromatic nitrogens is 2. The highest BCUT2D eigenvalue weighted by Crippen LogP contribution is 2.40. The smallest absolute Gasteiger partial charge is 0.424 e. The van der Waals surface area contributed by atoms with Crippen molar-refractivity contribution in [1.82, 2.24) is 20.2 Å². The van der Waals surface area contributed by atoms with E-state index in [1.165, 1.54) is 26.6 Å². The number of rotatable bonds is 9. The maximum atomic E-state index is 13.6. The number of hydrogen-bond donors (Lipinski definition) is 3. The first-order valence-electron chi connectivity index (χ1n) is 9.66. The van der Waals surface area contributed by atoms with E-state index in [0.29, 0.717) is 24.0 Å². The van der Waals surface area contributed by atoms with Crippen LogP contribution in [0.25, 0.3) is 0 Å². The number of alkyl halides is 3. The van der Waals surface area contributed by atoms with Crippen LogP contribution >= 0.6 is 0 Å². The third kappa shape index (κ3) is 5.81. The second-order valence-electron chi connectivity index (χ2n) is 6.77. The average molecular weight is 443 g/mol. The highest BCUT2D eigenvalue weighted by atomic mass is 19.4. The summed E-state index contributed by atoms with van der Waals surface area (Å²) in [5.41, 5.74) is -2.31. The molecule has 0 aliphatic rings. The normalized spacial score (nSPS) is 14.1. The molecule has 0 aliphatic carbocycles. The van der Waals surface area contributed by atoms with E-state index < -0.39 is 24.0 Å². The summed E-state index contributed by atoms with van der Waals surface area (Å²) in [7, 11) is 4.48. The summed E-state index contributed by atoms with van der Waals surface area (Å²) < 4.78 is 52.6. The molecule has 8 nitrogen and oxygen atoms in total. The van der Waals surface area contributed by atoms with Crippen molar-refractivity contribution in [3.8, 4) is 11.5 Å². The molecule has 0 aliphatic heterocycles. The summed E-state index contributed by atoms with van der Waals surface area (Å²) in [4.78, 5) is 8.09. The van der Waals surface area contributed by atoms with Crippen molar-refractivity contribution in [2.75, 3.05) is 27.3 Å². The fourth-order valence-electron chi connectivity index (χ4n) is 2.99. The van der Waals surface area contributed by atoms with Gasteiger partial charge in [0, 0.05) is 50.6 Å². The minimum Gasteiger partial charge on any atom is -0.497 e. The van der Waals surface area contributed by atoms with Gasteiger partial charge in [-0.3, -0.25) is 0 Å². The summed E-state index contributed by atoms with van der Waals surface area (Å²) in [5.74, 6) is 1.06. The van der Waals surface area contributed by atoms with Crippen molar-refractivity contribution in [2.24, 2.45) is 12.0 Å². The van der Waals surface area contributed by atoms with Gasteiger partial charge in [0.1, 0.15) is 17.3 Å². The second kappa shape index (κ2) is 10.4. The molecule has 1 aromatic heterocycles. The molecule has 2 rings (SSSR count). The van der Waals surface area contributed by atoms with Crippen molar-refractivity contribution in [3.05, 3.63) is 42.0 Å². The fourth-order valence-corrected chi connectivity index (χ4v) is 2.99. The van der Waals surface area contributed by atoms with Gasteiger partial charge in [-0.25, -0.2) is 9.98 Å². The Morgan fingerprint density at radius 3 is 2.52 bits per heavy atom. The van der Waals surface area contributed by atoms with Gasteiger partial charge in [0.15, 0.2) is 5.96 Å². The topological polar surface area (TPSA) is 92.9 Å². The lowest BCUT2D eigenvalue weighted by Gasteiger charge is -2.30. The van der Waals surface area contributed by atoms with E-state index in [2.05, 4.69) is 20.6 Å². The van der Waals surface area contributed by atoms with Gasteiger partial charge in [-0.1, -0.05) is 0 Å². The molecule has 2 aromatic rings. The fraction of sp³-hybridized carbons (Fsp3) is 0.500. The number of nitrogens with one attached hydrogen (secondary N) is 2. The monoisotopic (exact) mass is 443 g/mol. The van der Waals surface area contributed by atoms with Crippen LogP contribution < -0.4 is 20.1 Å². The van der Waals surface area contributed by atoms with Gasteiger partial charge < -0.3 is 29.8 Å². The Kier molecular flexibility index (Phi) is 8.14. The lowest BCUT2D eigenvalue weighted by atomic mass is 9.97. The Balaban J connectivity index is 2.12. The molecule has 0 fully saturated rings. The molecule has 0 saturated heterocycles. The molecule has 1 unspecified atom stereocenters. The van der Waals surface area contributed by atoms with Crippen molar-refractivity contribution in [2.45, 2.75) is 31.7 Å². The summed E-state index contributed by atoms with van der Waals surface area (Å²) in [6, 6.07) is 5.29. The van der Waals surface area contributed by atoms with E-state index in [1.807, 2.05) is 6.92 Å². The quantitative estimate of drug-likeness (QED) is 0.407. The van der Waals surface area contributed by atoms with E-state index in [0.717, 1.165) is 10.1 Å². The maximum Gasteiger partial charge on any atom is 0.424 e. The number of imidazole rings is 1. The number of guanidine groups is 1. The van der Waals surface area contributed by atoms with Crippen LogP contribution in [0.3, 0.4) is 0 Å². The van der Waals surface area contributed by atoms with Crippen molar-refractivity contribution < 1.29 is 27.8 Å².